The quantitative estimate of drug-likeness (QED) is 0.837. The zero-order valence-electron chi connectivity index (χ0n) is 14.1. The zero-order valence-corrected chi connectivity index (χ0v) is 14.1. The lowest BCUT2D eigenvalue weighted by atomic mass is 9.86. The van der Waals surface area contributed by atoms with Gasteiger partial charge in [0.2, 0.25) is 0 Å². The Hall–Kier alpha value is -2.37. The Balaban J connectivity index is 2.86. The van der Waals surface area contributed by atoms with Gasteiger partial charge in [0.15, 0.2) is 0 Å². The van der Waals surface area contributed by atoms with Crippen molar-refractivity contribution in [1.82, 2.24) is 5.32 Å². The van der Waals surface area contributed by atoms with Crippen LogP contribution in [0.5, 0.6) is 0 Å². The molecule has 0 bridgehead atoms. The summed E-state index contributed by atoms with van der Waals surface area (Å²) in [6.07, 6.45) is -0.283. The Morgan fingerprint density at radius 2 is 1.61 bits per heavy atom. The van der Waals surface area contributed by atoms with Crippen LogP contribution in [0.15, 0.2) is 24.3 Å². The molecular weight excluding hydrogens is 298 g/mol. The number of hydrogen-bond donors (Lipinski definition) is 1. The van der Waals surface area contributed by atoms with Crippen molar-refractivity contribution in [3.63, 3.8) is 0 Å². The predicted octanol–water partition coefficient (Wildman–Crippen LogP) is 1.82. The van der Waals surface area contributed by atoms with Gasteiger partial charge in [-0.2, -0.15) is 0 Å². The molecule has 23 heavy (non-hydrogen) atoms. The van der Waals surface area contributed by atoms with Gasteiger partial charge in [0.1, 0.15) is 6.04 Å². The van der Waals surface area contributed by atoms with Gasteiger partial charge in [0.05, 0.1) is 20.6 Å². The van der Waals surface area contributed by atoms with Gasteiger partial charge < -0.3 is 14.8 Å². The number of nitrogens with one attached hydrogen (secondary N) is 1. The summed E-state index contributed by atoms with van der Waals surface area (Å²) in [6, 6.07) is 6.01. The molecule has 0 aliphatic heterocycles. The Labute approximate surface area is 136 Å². The maximum Gasteiger partial charge on any atom is 0.328 e. The maximum atomic E-state index is 12.2. The Morgan fingerprint density at radius 1 is 1.04 bits per heavy atom. The fraction of sp³-hybridized carbons (Fsp3) is 0.471. The van der Waals surface area contributed by atoms with E-state index in [-0.39, 0.29) is 11.8 Å². The minimum absolute atomic E-state index is 0.0194. The summed E-state index contributed by atoms with van der Waals surface area (Å²) in [6.45, 7) is 6.23. The normalized spacial score (nSPS) is 12.2. The molecule has 1 N–H and O–H groups in total. The van der Waals surface area contributed by atoms with Crippen LogP contribution in [0.4, 0.5) is 0 Å². The standard InChI is InChI=1S/C17H23NO5/c1-17(2,3)12-8-6-11(7-9-12)15(20)18-13(16(21)23-5)10-14(19)22-4/h6-9,13H,10H2,1-5H3,(H,18,20)/t13-/m1/s1. The minimum Gasteiger partial charge on any atom is -0.469 e. The van der Waals surface area contributed by atoms with E-state index in [0.717, 1.165) is 5.56 Å². The van der Waals surface area contributed by atoms with E-state index >= 15 is 0 Å². The number of hydrogen-bond acceptors (Lipinski definition) is 5. The summed E-state index contributed by atoms with van der Waals surface area (Å²) in [5.74, 6) is -1.76. The van der Waals surface area contributed by atoms with Crippen LogP contribution in [0.1, 0.15) is 43.1 Å². The second kappa shape index (κ2) is 7.76. The Kier molecular flexibility index (Phi) is 6.30. The van der Waals surface area contributed by atoms with Crippen LogP contribution in [0.25, 0.3) is 0 Å². The third-order valence-corrected chi connectivity index (χ3v) is 3.40. The lowest BCUT2D eigenvalue weighted by Gasteiger charge is -2.19. The van der Waals surface area contributed by atoms with Gasteiger partial charge in [-0.25, -0.2) is 4.79 Å². The summed E-state index contributed by atoms with van der Waals surface area (Å²) in [7, 11) is 2.40. The molecule has 0 saturated heterocycles. The topological polar surface area (TPSA) is 81.7 Å². The van der Waals surface area contributed by atoms with Crippen molar-refractivity contribution in [3.8, 4) is 0 Å². The van der Waals surface area contributed by atoms with Gasteiger partial charge in [-0.05, 0) is 23.1 Å². The molecular formula is C17H23NO5. The van der Waals surface area contributed by atoms with Crippen molar-refractivity contribution in [3.05, 3.63) is 35.4 Å². The summed E-state index contributed by atoms with van der Waals surface area (Å²) < 4.78 is 9.11. The highest BCUT2D eigenvalue weighted by Crippen LogP contribution is 2.22. The van der Waals surface area contributed by atoms with Crippen molar-refractivity contribution in [2.24, 2.45) is 0 Å². The van der Waals surface area contributed by atoms with E-state index in [1.807, 2.05) is 12.1 Å². The largest absolute Gasteiger partial charge is 0.469 e. The smallest absolute Gasteiger partial charge is 0.328 e. The van der Waals surface area contributed by atoms with Gasteiger partial charge >= 0.3 is 11.9 Å². The second-order valence-electron chi connectivity index (χ2n) is 6.16. The van der Waals surface area contributed by atoms with Crippen LogP contribution >= 0.6 is 0 Å². The highest BCUT2D eigenvalue weighted by molar-refractivity contribution is 5.97. The van der Waals surface area contributed by atoms with E-state index in [0.29, 0.717) is 5.56 Å². The van der Waals surface area contributed by atoms with Crippen molar-refractivity contribution < 1.29 is 23.9 Å². The first-order valence-corrected chi connectivity index (χ1v) is 7.25. The van der Waals surface area contributed by atoms with Crippen molar-refractivity contribution in [1.29, 1.82) is 0 Å². The molecule has 1 rings (SSSR count). The number of esters is 2. The number of benzene rings is 1. The van der Waals surface area contributed by atoms with E-state index in [1.165, 1.54) is 14.2 Å². The number of ether oxygens (including phenoxy) is 2. The lowest BCUT2D eigenvalue weighted by molar-refractivity contribution is -0.149. The molecule has 0 unspecified atom stereocenters. The molecule has 1 atom stereocenters. The monoisotopic (exact) mass is 321 g/mol. The summed E-state index contributed by atoms with van der Waals surface area (Å²) in [4.78, 5) is 35.2. The maximum absolute atomic E-state index is 12.2. The molecule has 1 amide bonds. The van der Waals surface area contributed by atoms with Gasteiger partial charge in [0, 0.05) is 5.56 Å². The predicted molar refractivity (Wildman–Crippen MR) is 85.0 cm³/mol. The summed E-state index contributed by atoms with van der Waals surface area (Å²) >= 11 is 0. The highest BCUT2D eigenvalue weighted by Gasteiger charge is 2.25. The van der Waals surface area contributed by atoms with E-state index in [4.69, 9.17) is 0 Å². The fourth-order valence-electron chi connectivity index (χ4n) is 1.95. The van der Waals surface area contributed by atoms with Crippen molar-refractivity contribution in [2.45, 2.75) is 38.6 Å². The molecule has 6 heteroatoms. The zero-order chi connectivity index (χ0) is 17.6. The van der Waals surface area contributed by atoms with Crippen LogP contribution < -0.4 is 5.32 Å². The Morgan fingerprint density at radius 3 is 2.04 bits per heavy atom. The number of methoxy groups -OCH3 is 2. The molecule has 0 radical (unpaired) electrons. The molecule has 126 valence electrons. The summed E-state index contributed by atoms with van der Waals surface area (Å²) in [5.41, 5.74) is 1.47. The first-order valence-electron chi connectivity index (χ1n) is 7.25. The number of carbonyl (C=O) groups is 3. The average Bonchev–Trinajstić information content (AvgIpc) is 2.52. The SMILES string of the molecule is COC(=O)C[C@@H](NC(=O)c1ccc(C(C)(C)C)cc1)C(=O)OC. The highest BCUT2D eigenvalue weighted by atomic mass is 16.5. The van der Waals surface area contributed by atoms with Crippen molar-refractivity contribution in [2.75, 3.05) is 14.2 Å². The minimum atomic E-state index is -1.08. The number of amides is 1. The van der Waals surface area contributed by atoms with E-state index in [9.17, 15) is 14.4 Å². The molecule has 0 aliphatic rings. The lowest BCUT2D eigenvalue weighted by Crippen LogP contribution is -2.43. The number of carbonyl (C=O) groups excluding carboxylic acids is 3. The first-order chi connectivity index (χ1) is 10.7. The van der Waals surface area contributed by atoms with E-state index in [2.05, 4.69) is 35.6 Å². The summed E-state index contributed by atoms with van der Waals surface area (Å²) in [5, 5.41) is 2.49. The molecule has 0 saturated carbocycles. The van der Waals surface area contributed by atoms with E-state index in [1.54, 1.807) is 12.1 Å². The van der Waals surface area contributed by atoms with Gasteiger partial charge in [-0.1, -0.05) is 32.9 Å². The van der Waals surface area contributed by atoms with Crippen LogP contribution in [-0.4, -0.2) is 38.1 Å². The van der Waals surface area contributed by atoms with E-state index < -0.39 is 23.9 Å². The molecule has 0 fully saturated rings. The van der Waals surface area contributed by atoms with Gasteiger partial charge in [-0.3, -0.25) is 9.59 Å². The molecule has 0 spiro atoms. The third-order valence-electron chi connectivity index (χ3n) is 3.40. The van der Waals surface area contributed by atoms with Gasteiger partial charge in [-0.15, -0.1) is 0 Å². The molecule has 0 aliphatic carbocycles. The fourth-order valence-corrected chi connectivity index (χ4v) is 1.95. The molecule has 0 aromatic heterocycles. The van der Waals surface area contributed by atoms with Crippen molar-refractivity contribution >= 4 is 17.8 Å². The molecule has 0 heterocycles. The molecule has 1 aromatic carbocycles. The van der Waals surface area contributed by atoms with Crippen LogP contribution in [0, 0.1) is 0 Å². The first kappa shape index (κ1) is 18.7. The molecule has 1 aromatic rings. The Bertz CT molecular complexity index is 572. The second-order valence-corrected chi connectivity index (χ2v) is 6.16. The van der Waals surface area contributed by atoms with Crippen LogP contribution in [0.3, 0.4) is 0 Å². The average molecular weight is 321 g/mol. The van der Waals surface area contributed by atoms with Gasteiger partial charge in [0.25, 0.3) is 5.91 Å². The van der Waals surface area contributed by atoms with Crippen LogP contribution in [-0.2, 0) is 24.5 Å². The molecule has 6 nitrogen and oxygen atoms in total. The number of rotatable bonds is 5. The van der Waals surface area contributed by atoms with Crippen LogP contribution in [0.2, 0.25) is 0 Å². The third kappa shape index (κ3) is 5.39.